The lowest BCUT2D eigenvalue weighted by Crippen LogP contribution is -2.21. The molecule has 6 nitrogen and oxygen atoms in total. The Morgan fingerprint density at radius 2 is 1.94 bits per heavy atom. The summed E-state index contributed by atoms with van der Waals surface area (Å²) in [5.41, 5.74) is 2.84. The van der Waals surface area contributed by atoms with Gasteiger partial charge in [-0.05, 0) is 61.1 Å². The molecule has 7 heteroatoms. The summed E-state index contributed by atoms with van der Waals surface area (Å²) in [5.74, 6) is -0.423. The molecule has 1 aliphatic carbocycles. The minimum absolute atomic E-state index is 0.183. The van der Waals surface area contributed by atoms with E-state index in [1.54, 1.807) is 31.2 Å². The molecule has 1 aromatic heterocycles. The normalized spacial score (nSPS) is 15.4. The zero-order valence-electron chi connectivity index (χ0n) is 19.3. The zero-order chi connectivity index (χ0) is 23.9. The second kappa shape index (κ2) is 11.4. The number of hydrogen-bond acceptors (Lipinski definition) is 5. The van der Waals surface area contributed by atoms with Crippen LogP contribution in [0.3, 0.4) is 0 Å². The van der Waals surface area contributed by atoms with Crippen LogP contribution < -0.4 is 0 Å². The Kier molecular flexibility index (Phi) is 8.08. The predicted molar refractivity (Wildman–Crippen MR) is 125 cm³/mol. The van der Waals surface area contributed by atoms with Crippen molar-refractivity contribution in [2.75, 3.05) is 13.2 Å². The first-order valence-corrected chi connectivity index (χ1v) is 11.7. The number of aromatic carboxylic acids is 1. The molecule has 0 radical (unpaired) electrons. The zero-order valence-corrected chi connectivity index (χ0v) is 19.3. The first-order valence-electron chi connectivity index (χ1n) is 11.7. The fraction of sp³-hybridized carbons (Fsp3) is 0.407. The van der Waals surface area contributed by atoms with Crippen molar-refractivity contribution >= 4 is 5.97 Å². The van der Waals surface area contributed by atoms with Crippen LogP contribution in [0.4, 0.5) is 4.39 Å². The van der Waals surface area contributed by atoms with Gasteiger partial charge in [-0.1, -0.05) is 37.5 Å². The van der Waals surface area contributed by atoms with Crippen LogP contribution in [0.5, 0.6) is 0 Å². The van der Waals surface area contributed by atoms with E-state index >= 15 is 0 Å². The van der Waals surface area contributed by atoms with Crippen molar-refractivity contribution in [3.05, 3.63) is 76.9 Å². The lowest BCUT2D eigenvalue weighted by Gasteiger charge is -2.26. The van der Waals surface area contributed by atoms with Crippen molar-refractivity contribution in [1.82, 2.24) is 4.98 Å². The van der Waals surface area contributed by atoms with Gasteiger partial charge in [0.15, 0.2) is 0 Å². The Morgan fingerprint density at radius 1 is 1.18 bits per heavy atom. The highest BCUT2D eigenvalue weighted by atomic mass is 19.1. The van der Waals surface area contributed by atoms with E-state index in [0.29, 0.717) is 40.8 Å². The minimum atomic E-state index is -0.972. The number of aryl methyl sites for hydroxylation is 1. The van der Waals surface area contributed by atoms with Gasteiger partial charge in [-0.3, -0.25) is 0 Å². The van der Waals surface area contributed by atoms with Crippen molar-refractivity contribution in [2.45, 2.75) is 51.7 Å². The molecule has 1 aliphatic rings. The number of oxazole rings is 1. The van der Waals surface area contributed by atoms with Crippen LogP contribution in [0.1, 0.15) is 65.4 Å². The average molecular weight is 468 g/mol. The van der Waals surface area contributed by atoms with Crippen LogP contribution in [0.2, 0.25) is 0 Å². The van der Waals surface area contributed by atoms with E-state index in [-0.39, 0.29) is 24.6 Å². The second-order valence-corrected chi connectivity index (χ2v) is 8.84. The van der Waals surface area contributed by atoms with Gasteiger partial charge < -0.3 is 19.0 Å². The number of ether oxygens (including phenoxy) is 2. The monoisotopic (exact) mass is 467 g/mol. The van der Waals surface area contributed by atoms with E-state index in [2.05, 4.69) is 4.98 Å². The standard InChI is InChI=1S/C27H30FNO5/c1-18-6-5-9-23(25(18)27(30)31)24(33-14-19-7-3-2-4-8-19)17-32-15-22-16-34-26(29-22)20-10-12-21(28)13-11-20/h5-6,9-13,16,19,24H,2-4,7-8,14-15,17H2,1H3,(H,30,31). The molecule has 1 heterocycles. The third kappa shape index (κ3) is 6.10. The molecule has 2 aromatic carbocycles. The predicted octanol–water partition coefficient (Wildman–Crippen LogP) is 6.34. The maximum absolute atomic E-state index is 13.2. The number of benzene rings is 2. The topological polar surface area (TPSA) is 81.8 Å². The molecule has 34 heavy (non-hydrogen) atoms. The van der Waals surface area contributed by atoms with Crippen molar-refractivity contribution in [2.24, 2.45) is 5.92 Å². The highest BCUT2D eigenvalue weighted by Crippen LogP contribution is 2.29. The molecule has 1 fully saturated rings. The summed E-state index contributed by atoms with van der Waals surface area (Å²) >= 11 is 0. The Bertz CT molecular complexity index is 1090. The third-order valence-electron chi connectivity index (χ3n) is 6.29. The van der Waals surface area contributed by atoms with Crippen LogP contribution in [0, 0.1) is 18.7 Å². The van der Waals surface area contributed by atoms with Gasteiger partial charge in [-0.15, -0.1) is 0 Å². The molecule has 1 unspecified atom stereocenters. The van der Waals surface area contributed by atoms with Crippen molar-refractivity contribution < 1.29 is 28.2 Å². The summed E-state index contributed by atoms with van der Waals surface area (Å²) in [7, 11) is 0. The highest BCUT2D eigenvalue weighted by Gasteiger charge is 2.24. The van der Waals surface area contributed by atoms with E-state index in [1.165, 1.54) is 37.7 Å². The molecular formula is C27H30FNO5. The van der Waals surface area contributed by atoms with Crippen LogP contribution in [-0.4, -0.2) is 29.3 Å². The highest BCUT2D eigenvalue weighted by molar-refractivity contribution is 5.91. The number of rotatable bonds is 10. The summed E-state index contributed by atoms with van der Waals surface area (Å²) in [6, 6.07) is 11.4. The molecule has 0 spiro atoms. The Hall–Kier alpha value is -3.03. The Balaban J connectivity index is 1.44. The lowest BCUT2D eigenvalue weighted by molar-refractivity contribution is -0.0402. The van der Waals surface area contributed by atoms with E-state index < -0.39 is 12.1 Å². The maximum atomic E-state index is 13.2. The molecule has 4 rings (SSSR count). The molecule has 0 aliphatic heterocycles. The minimum Gasteiger partial charge on any atom is -0.478 e. The number of carboxylic acid groups (broad SMARTS) is 1. The fourth-order valence-electron chi connectivity index (χ4n) is 4.45. The summed E-state index contributed by atoms with van der Waals surface area (Å²) in [6.07, 6.45) is 6.96. The number of aromatic nitrogens is 1. The van der Waals surface area contributed by atoms with E-state index in [0.717, 1.165) is 12.8 Å². The Labute approximate surface area is 198 Å². The summed E-state index contributed by atoms with van der Waals surface area (Å²) in [6.45, 7) is 2.75. The Morgan fingerprint density at radius 3 is 2.68 bits per heavy atom. The second-order valence-electron chi connectivity index (χ2n) is 8.84. The number of carbonyl (C=O) groups is 1. The largest absolute Gasteiger partial charge is 0.478 e. The number of carboxylic acids is 1. The van der Waals surface area contributed by atoms with E-state index in [1.807, 2.05) is 6.07 Å². The first-order chi connectivity index (χ1) is 16.5. The van der Waals surface area contributed by atoms with Gasteiger partial charge in [0.2, 0.25) is 5.89 Å². The molecule has 0 saturated heterocycles. The van der Waals surface area contributed by atoms with E-state index in [4.69, 9.17) is 13.9 Å². The average Bonchev–Trinajstić information content (AvgIpc) is 3.31. The van der Waals surface area contributed by atoms with Crippen molar-refractivity contribution in [3.8, 4) is 11.5 Å². The smallest absolute Gasteiger partial charge is 0.336 e. The molecule has 1 saturated carbocycles. The van der Waals surface area contributed by atoms with E-state index in [9.17, 15) is 14.3 Å². The van der Waals surface area contributed by atoms with Crippen LogP contribution in [0.15, 0.2) is 53.1 Å². The SMILES string of the molecule is Cc1cccc(C(COCc2coc(-c3ccc(F)cc3)n2)OCC2CCCCC2)c1C(=O)O. The van der Waals surface area contributed by atoms with Gasteiger partial charge in [0.05, 0.1) is 25.4 Å². The van der Waals surface area contributed by atoms with Gasteiger partial charge in [0.1, 0.15) is 23.9 Å². The van der Waals surface area contributed by atoms with Gasteiger partial charge >= 0.3 is 5.97 Å². The van der Waals surface area contributed by atoms with Crippen molar-refractivity contribution in [3.63, 3.8) is 0 Å². The van der Waals surface area contributed by atoms with Crippen molar-refractivity contribution in [1.29, 1.82) is 0 Å². The van der Waals surface area contributed by atoms with Gasteiger partial charge in [0, 0.05) is 5.56 Å². The van der Waals surface area contributed by atoms with Crippen LogP contribution in [0.25, 0.3) is 11.5 Å². The molecule has 1 atom stereocenters. The third-order valence-corrected chi connectivity index (χ3v) is 6.29. The fourth-order valence-corrected chi connectivity index (χ4v) is 4.45. The van der Waals surface area contributed by atoms with Crippen LogP contribution >= 0.6 is 0 Å². The summed E-state index contributed by atoms with van der Waals surface area (Å²) in [5, 5.41) is 9.80. The molecule has 1 N–H and O–H groups in total. The number of nitrogens with zero attached hydrogens (tertiary/aromatic N) is 1. The van der Waals surface area contributed by atoms with Gasteiger partial charge in [-0.2, -0.15) is 0 Å². The molecule has 0 amide bonds. The van der Waals surface area contributed by atoms with Gasteiger partial charge in [0.25, 0.3) is 0 Å². The molecule has 180 valence electrons. The number of hydrogen-bond donors (Lipinski definition) is 1. The summed E-state index contributed by atoms with van der Waals surface area (Å²) < 4.78 is 30.8. The molecule has 3 aromatic rings. The first kappa shape index (κ1) is 24.1. The lowest BCUT2D eigenvalue weighted by atomic mass is 9.90. The molecular weight excluding hydrogens is 437 g/mol. The maximum Gasteiger partial charge on any atom is 0.336 e. The molecule has 0 bridgehead atoms. The number of halogens is 1. The summed E-state index contributed by atoms with van der Waals surface area (Å²) in [4.78, 5) is 16.4. The van der Waals surface area contributed by atoms with Gasteiger partial charge in [-0.25, -0.2) is 14.2 Å². The van der Waals surface area contributed by atoms with Crippen LogP contribution in [-0.2, 0) is 16.1 Å². The quantitative estimate of drug-likeness (QED) is 0.375.